The summed E-state index contributed by atoms with van der Waals surface area (Å²) in [5.74, 6) is 1.32. The molecule has 0 bridgehead atoms. The third-order valence-electron chi connectivity index (χ3n) is 10.6. The monoisotopic (exact) mass is 751 g/mol. The number of carbonyl (C=O) groups excluding carboxylic acids is 3. The molecule has 11 nitrogen and oxygen atoms in total. The van der Waals surface area contributed by atoms with Crippen LogP contribution in [0, 0.1) is 5.92 Å². The van der Waals surface area contributed by atoms with Crippen molar-refractivity contribution in [3.8, 4) is 33.6 Å². The number of ether oxygens (including phenoxy) is 1. The number of hydrogen-bond acceptors (Lipinski definition) is 6. The van der Waals surface area contributed by atoms with Gasteiger partial charge >= 0.3 is 6.09 Å². The summed E-state index contributed by atoms with van der Waals surface area (Å²) < 4.78 is 4.77. The standard InChI is InChI=1S/C45H49N7O4/c1-5-23-51(44(54)42(29(2)3)50-45(55)56-4)28-40-46-27-38(48-40)36-22-21-33(34-14-9-10-15-35(34)36)31-17-19-32(20-18-31)37-26-47-43(49-37)39-16-11-24-52(39)41(53)25-30-12-7-6-8-13-30/h6-10,12-15,17-22,26-27,29,39,42H,5,11,16,23-25,28H2,1-4H3,(H,46,48)(H,47,49)(H,50,55)/t39-,42-/m0/s1. The highest BCUT2D eigenvalue weighted by atomic mass is 16.5. The second-order valence-electron chi connectivity index (χ2n) is 14.7. The van der Waals surface area contributed by atoms with E-state index in [1.165, 1.54) is 7.11 Å². The molecule has 0 radical (unpaired) electrons. The van der Waals surface area contributed by atoms with E-state index in [1.807, 2.05) is 80.5 Å². The number of likely N-dealkylation sites (tertiary alicyclic amines) is 1. The first-order valence-corrected chi connectivity index (χ1v) is 19.4. The minimum Gasteiger partial charge on any atom is -0.453 e. The molecule has 11 heteroatoms. The molecule has 2 atom stereocenters. The summed E-state index contributed by atoms with van der Waals surface area (Å²) in [5.41, 5.74) is 7.02. The van der Waals surface area contributed by atoms with E-state index in [0.717, 1.165) is 81.6 Å². The zero-order valence-electron chi connectivity index (χ0n) is 32.4. The molecule has 0 saturated carbocycles. The van der Waals surface area contributed by atoms with E-state index in [-0.39, 0.29) is 30.3 Å². The van der Waals surface area contributed by atoms with Crippen molar-refractivity contribution in [2.45, 2.75) is 65.1 Å². The molecule has 0 aliphatic carbocycles. The third kappa shape index (κ3) is 8.22. The van der Waals surface area contributed by atoms with Crippen LogP contribution in [-0.2, 0) is 27.3 Å². The normalized spacial score (nSPS) is 14.6. The maximum absolute atomic E-state index is 13.6. The molecule has 0 spiro atoms. The van der Waals surface area contributed by atoms with Gasteiger partial charge in [-0.25, -0.2) is 14.8 Å². The highest BCUT2D eigenvalue weighted by Crippen LogP contribution is 2.37. The minimum atomic E-state index is -0.712. The fourth-order valence-electron chi connectivity index (χ4n) is 7.68. The first kappa shape index (κ1) is 38.1. The van der Waals surface area contributed by atoms with Crippen molar-refractivity contribution < 1.29 is 19.1 Å². The number of benzene rings is 4. The zero-order chi connectivity index (χ0) is 39.2. The van der Waals surface area contributed by atoms with Gasteiger partial charge in [0.1, 0.15) is 17.7 Å². The molecule has 288 valence electrons. The Balaban J connectivity index is 1.08. The summed E-state index contributed by atoms with van der Waals surface area (Å²) in [6.07, 6.45) is 6.05. The first-order chi connectivity index (χ1) is 27.2. The molecule has 6 aromatic rings. The van der Waals surface area contributed by atoms with E-state index >= 15 is 0 Å². The lowest BCUT2D eigenvalue weighted by molar-refractivity contribution is -0.135. The molecular formula is C45H49N7O4. The van der Waals surface area contributed by atoms with Crippen molar-refractivity contribution in [1.82, 2.24) is 35.1 Å². The number of aromatic amines is 2. The fraction of sp³-hybridized carbons (Fsp3) is 0.311. The molecular weight excluding hydrogens is 703 g/mol. The van der Waals surface area contributed by atoms with Gasteiger partial charge in [0.15, 0.2) is 0 Å². The van der Waals surface area contributed by atoms with Gasteiger partial charge in [-0.2, -0.15) is 0 Å². The lowest BCUT2D eigenvalue weighted by atomic mass is 9.93. The largest absolute Gasteiger partial charge is 0.453 e. The number of nitrogens with one attached hydrogen (secondary N) is 3. The van der Waals surface area contributed by atoms with Gasteiger partial charge in [0.25, 0.3) is 0 Å². The van der Waals surface area contributed by atoms with Gasteiger partial charge in [0, 0.05) is 18.7 Å². The van der Waals surface area contributed by atoms with Crippen molar-refractivity contribution in [2.24, 2.45) is 5.92 Å². The molecule has 56 heavy (non-hydrogen) atoms. The Morgan fingerprint density at radius 1 is 0.857 bits per heavy atom. The molecule has 3 heterocycles. The lowest BCUT2D eigenvalue weighted by Gasteiger charge is -2.28. The highest BCUT2D eigenvalue weighted by molar-refractivity contribution is 6.04. The molecule has 7 rings (SSSR count). The van der Waals surface area contributed by atoms with E-state index in [2.05, 4.69) is 68.8 Å². The molecule has 0 unspecified atom stereocenters. The number of amides is 3. The number of fused-ring (bicyclic) bond motifs is 1. The van der Waals surface area contributed by atoms with Crippen LogP contribution in [0.5, 0.6) is 0 Å². The SMILES string of the molecule is CCCN(Cc1ncc(-c2ccc(-c3ccc(-c4cnc([C@@H]5CCCN5C(=O)Cc5ccccc5)[nH]4)cc3)c3ccccc23)[nH]1)C(=O)[C@@H](NC(=O)OC)C(C)C. The van der Waals surface area contributed by atoms with Crippen LogP contribution in [0.25, 0.3) is 44.4 Å². The van der Waals surface area contributed by atoms with Crippen LogP contribution in [-0.4, -0.2) is 73.9 Å². The summed E-state index contributed by atoms with van der Waals surface area (Å²) in [6.45, 7) is 7.36. The second-order valence-corrected chi connectivity index (χ2v) is 14.7. The van der Waals surface area contributed by atoms with Crippen molar-refractivity contribution in [1.29, 1.82) is 0 Å². The highest BCUT2D eigenvalue weighted by Gasteiger charge is 2.32. The van der Waals surface area contributed by atoms with Gasteiger partial charge in [0.2, 0.25) is 11.8 Å². The number of nitrogens with zero attached hydrogens (tertiary/aromatic N) is 4. The van der Waals surface area contributed by atoms with Gasteiger partial charge < -0.3 is 29.8 Å². The van der Waals surface area contributed by atoms with E-state index < -0.39 is 12.1 Å². The Bertz CT molecular complexity index is 2300. The van der Waals surface area contributed by atoms with E-state index in [0.29, 0.717) is 18.8 Å². The average Bonchev–Trinajstić information content (AvgIpc) is 4.01. The number of aromatic nitrogens is 4. The molecule has 2 aromatic heterocycles. The number of H-pyrrole nitrogens is 2. The summed E-state index contributed by atoms with van der Waals surface area (Å²) in [6, 6.07) is 30.2. The van der Waals surface area contributed by atoms with Crippen molar-refractivity contribution in [3.63, 3.8) is 0 Å². The topological polar surface area (TPSA) is 136 Å². The number of hydrogen-bond donors (Lipinski definition) is 3. The van der Waals surface area contributed by atoms with Crippen molar-refractivity contribution in [2.75, 3.05) is 20.2 Å². The van der Waals surface area contributed by atoms with Crippen molar-refractivity contribution >= 4 is 28.7 Å². The molecule has 3 N–H and O–H groups in total. The van der Waals surface area contributed by atoms with Crippen LogP contribution < -0.4 is 5.32 Å². The Hall–Kier alpha value is -6.23. The lowest BCUT2D eigenvalue weighted by Crippen LogP contribution is -2.51. The number of rotatable bonds is 13. The Kier molecular flexibility index (Phi) is 11.6. The molecule has 1 aliphatic rings. The van der Waals surface area contributed by atoms with Crippen LogP contribution >= 0.6 is 0 Å². The summed E-state index contributed by atoms with van der Waals surface area (Å²) in [4.78, 5) is 58.9. The summed E-state index contributed by atoms with van der Waals surface area (Å²) in [7, 11) is 1.29. The minimum absolute atomic E-state index is 0.0552. The van der Waals surface area contributed by atoms with Gasteiger partial charge in [0.05, 0.1) is 49.9 Å². The number of alkyl carbamates (subject to hydrolysis) is 1. The predicted octanol–water partition coefficient (Wildman–Crippen LogP) is 8.31. The number of methoxy groups -OCH3 is 1. The zero-order valence-corrected chi connectivity index (χ0v) is 32.4. The molecule has 1 saturated heterocycles. The molecule has 3 amide bonds. The van der Waals surface area contributed by atoms with Gasteiger partial charge in [-0.05, 0) is 58.2 Å². The van der Waals surface area contributed by atoms with Gasteiger partial charge in [-0.3, -0.25) is 9.59 Å². The first-order valence-electron chi connectivity index (χ1n) is 19.4. The maximum atomic E-state index is 13.6. The van der Waals surface area contributed by atoms with Gasteiger partial charge in [-0.15, -0.1) is 0 Å². The molecule has 4 aromatic carbocycles. The quantitative estimate of drug-likeness (QED) is 0.109. The Labute approximate surface area is 327 Å². The van der Waals surface area contributed by atoms with Crippen LogP contribution in [0.15, 0.2) is 103 Å². The average molecular weight is 752 g/mol. The van der Waals surface area contributed by atoms with E-state index in [1.54, 1.807) is 4.90 Å². The van der Waals surface area contributed by atoms with E-state index in [9.17, 15) is 14.4 Å². The second kappa shape index (κ2) is 17.1. The van der Waals surface area contributed by atoms with Crippen molar-refractivity contribution in [3.05, 3.63) is 121 Å². The van der Waals surface area contributed by atoms with Crippen LogP contribution in [0.2, 0.25) is 0 Å². The molecule has 1 aliphatic heterocycles. The fourth-order valence-corrected chi connectivity index (χ4v) is 7.68. The number of carbonyl (C=O) groups is 3. The molecule has 1 fully saturated rings. The summed E-state index contributed by atoms with van der Waals surface area (Å²) >= 11 is 0. The Morgan fingerprint density at radius 3 is 2.25 bits per heavy atom. The maximum Gasteiger partial charge on any atom is 0.407 e. The number of imidazole rings is 2. The van der Waals surface area contributed by atoms with Crippen LogP contribution in [0.4, 0.5) is 4.79 Å². The Morgan fingerprint density at radius 2 is 1.54 bits per heavy atom. The third-order valence-corrected chi connectivity index (χ3v) is 10.6. The van der Waals surface area contributed by atoms with Gasteiger partial charge in [-0.1, -0.05) is 112 Å². The summed E-state index contributed by atoms with van der Waals surface area (Å²) in [5, 5.41) is 4.88. The van der Waals surface area contributed by atoms with Crippen LogP contribution in [0.1, 0.15) is 63.3 Å². The predicted molar refractivity (Wildman–Crippen MR) is 218 cm³/mol. The smallest absolute Gasteiger partial charge is 0.407 e. The van der Waals surface area contributed by atoms with Crippen LogP contribution in [0.3, 0.4) is 0 Å². The van der Waals surface area contributed by atoms with E-state index in [4.69, 9.17) is 9.72 Å².